The van der Waals surface area contributed by atoms with Gasteiger partial charge in [-0.05, 0) is 141 Å². The van der Waals surface area contributed by atoms with Gasteiger partial charge in [-0.2, -0.15) is 4.98 Å². The molecule has 6 aromatic rings. The molecule has 24 heteroatoms. The standard InChI is InChI=1S/C64H69N11O12S/c1-38-5-3-4-6-45(38)55-36-71(41-7-10-46-48(30-41)62(79)74(61(46)78)51-13-14-57(76)69(2)63(51)80)24-25-72(55)43-33-64(34-43)19-22-70(23-20-64)42-8-11-47(52(31-42)73-50-18-28-86-37-56(50)87-60-54(73)29-40-15-21-65-58(40)67-60)59(77)68-88(83,84)44-9-12-49(53(32-44)75(81)82)66-35-39-16-26-85-27-17-39/h3-12,15,21,29-32,39,43,50-51,55-56,66H,13-14,16-20,22-28,33-37H2,1-2H3,(H,65,67)(H,68,77)/t50-,51?,55-,56-/m0/s1. The molecule has 0 bridgehead atoms. The Morgan fingerprint density at radius 1 is 0.807 bits per heavy atom. The summed E-state index contributed by atoms with van der Waals surface area (Å²) in [4.78, 5) is 98.7. The molecule has 458 valence electrons. The number of likely N-dealkylation sites (tertiary alicyclic amines) is 1. The van der Waals surface area contributed by atoms with Crippen LogP contribution in [0.4, 0.5) is 34.1 Å². The van der Waals surface area contributed by atoms with Crippen molar-refractivity contribution >= 4 is 84.7 Å². The second-order valence-electron chi connectivity index (χ2n) is 24.9. The highest BCUT2D eigenvalue weighted by Crippen LogP contribution is 2.54. The van der Waals surface area contributed by atoms with Gasteiger partial charge in [-0.15, -0.1) is 0 Å². The summed E-state index contributed by atoms with van der Waals surface area (Å²) in [5, 5.41) is 16.4. The number of piperazine rings is 1. The lowest BCUT2D eigenvalue weighted by atomic mass is 9.59. The Labute approximate surface area is 508 Å². The number of nitrogens with one attached hydrogen (secondary N) is 3. The molecule has 1 saturated carbocycles. The van der Waals surface area contributed by atoms with E-state index in [0.717, 1.165) is 90.8 Å². The highest BCUT2D eigenvalue weighted by molar-refractivity contribution is 7.90. The molecule has 23 nitrogen and oxygen atoms in total. The summed E-state index contributed by atoms with van der Waals surface area (Å²) in [6.07, 6.45) is 7.52. The minimum Gasteiger partial charge on any atom is -0.468 e. The van der Waals surface area contributed by atoms with E-state index < -0.39 is 61.3 Å². The Morgan fingerprint density at radius 2 is 1.57 bits per heavy atom. The van der Waals surface area contributed by atoms with Crippen LogP contribution in [0.2, 0.25) is 0 Å². The number of hydrogen-bond acceptors (Lipinski definition) is 18. The first kappa shape index (κ1) is 57.3. The number of nitro benzene ring substituents is 1. The molecule has 4 aromatic carbocycles. The van der Waals surface area contributed by atoms with Crippen molar-refractivity contribution < 1.29 is 51.5 Å². The quantitative estimate of drug-likeness (QED) is 0.0575. The van der Waals surface area contributed by atoms with Crippen LogP contribution in [0.15, 0.2) is 102 Å². The van der Waals surface area contributed by atoms with Crippen LogP contribution in [0.5, 0.6) is 5.88 Å². The van der Waals surface area contributed by atoms with E-state index in [0.29, 0.717) is 74.8 Å². The summed E-state index contributed by atoms with van der Waals surface area (Å²) in [7, 11) is -3.27. The molecule has 1 unspecified atom stereocenters. The lowest BCUT2D eigenvalue weighted by molar-refractivity contribution is -0.384. The number of rotatable bonds is 13. The Morgan fingerprint density at radius 3 is 2.36 bits per heavy atom. The van der Waals surface area contributed by atoms with Crippen LogP contribution in [-0.4, -0.2) is 165 Å². The summed E-state index contributed by atoms with van der Waals surface area (Å²) in [6, 6.07) is 25.8. The molecular weight excluding hydrogens is 1150 g/mol. The van der Waals surface area contributed by atoms with E-state index in [4.69, 9.17) is 19.2 Å². The number of benzene rings is 4. The van der Waals surface area contributed by atoms with Crippen LogP contribution in [0, 0.1) is 28.4 Å². The fourth-order valence-corrected chi connectivity index (χ4v) is 15.9. The van der Waals surface area contributed by atoms with E-state index in [-0.39, 0.29) is 71.2 Å². The minimum absolute atomic E-state index is 0.0364. The summed E-state index contributed by atoms with van der Waals surface area (Å²) < 4.78 is 48.8. The van der Waals surface area contributed by atoms with Gasteiger partial charge in [0.2, 0.25) is 11.8 Å². The zero-order valence-corrected chi connectivity index (χ0v) is 49.8. The minimum atomic E-state index is -4.66. The van der Waals surface area contributed by atoms with Crippen molar-refractivity contribution in [1.29, 1.82) is 0 Å². The van der Waals surface area contributed by atoms with Crippen LogP contribution in [-0.2, 0) is 29.1 Å². The smallest absolute Gasteiger partial charge is 0.293 e. The van der Waals surface area contributed by atoms with Gasteiger partial charge in [0.25, 0.3) is 39.3 Å². The number of sulfonamides is 1. The molecule has 2 aromatic heterocycles. The molecule has 1 aliphatic carbocycles. The predicted octanol–water partition coefficient (Wildman–Crippen LogP) is 7.48. The first-order valence-corrected chi connectivity index (χ1v) is 32.0. The Balaban J connectivity index is 0.706. The largest absolute Gasteiger partial charge is 0.468 e. The number of hydrogen-bond donors (Lipinski definition) is 3. The normalized spacial score (nSPS) is 23.4. The number of amides is 5. The molecule has 8 aliphatic rings. The van der Waals surface area contributed by atoms with Gasteiger partial charge in [0.1, 0.15) is 29.2 Å². The van der Waals surface area contributed by atoms with Gasteiger partial charge < -0.3 is 39.2 Å². The summed E-state index contributed by atoms with van der Waals surface area (Å²) in [5.74, 6) is -2.26. The number of likely N-dealkylation sites (N-methyl/N-ethyl adjacent to an activating group) is 1. The number of H-pyrrole nitrogens is 1. The van der Waals surface area contributed by atoms with Gasteiger partial charge in [0, 0.05) is 108 Å². The maximum absolute atomic E-state index is 14.8. The number of fused-ring (bicyclic) bond motifs is 4. The monoisotopic (exact) mass is 1220 g/mol. The number of aromatic amines is 1. The summed E-state index contributed by atoms with van der Waals surface area (Å²) >= 11 is 0. The molecule has 9 heterocycles. The van der Waals surface area contributed by atoms with E-state index in [1.165, 1.54) is 30.3 Å². The highest BCUT2D eigenvalue weighted by Gasteiger charge is 2.51. The van der Waals surface area contributed by atoms with E-state index in [1.807, 2.05) is 30.3 Å². The van der Waals surface area contributed by atoms with E-state index in [2.05, 4.69) is 65.8 Å². The van der Waals surface area contributed by atoms with Crippen molar-refractivity contribution in [2.45, 2.75) is 99.9 Å². The third-order valence-corrected chi connectivity index (χ3v) is 21.2. The first-order valence-electron chi connectivity index (χ1n) is 30.5. The zero-order chi connectivity index (χ0) is 60.8. The number of anilines is 5. The van der Waals surface area contributed by atoms with Crippen molar-refractivity contribution in [1.82, 2.24) is 29.4 Å². The molecule has 3 N–H and O–H groups in total. The van der Waals surface area contributed by atoms with E-state index >= 15 is 0 Å². The second-order valence-corrected chi connectivity index (χ2v) is 26.5. The summed E-state index contributed by atoms with van der Waals surface area (Å²) in [6.45, 7) is 8.11. The number of carbonyl (C=O) groups excluding carboxylic acids is 5. The Bertz CT molecular complexity index is 3950. The number of imide groups is 2. The van der Waals surface area contributed by atoms with Gasteiger partial charge in [0.05, 0.1) is 50.9 Å². The van der Waals surface area contributed by atoms with Crippen molar-refractivity contribution in [2.24, 2.45) is 11.3 Å². The lowest BCUT2D eigenvalue weighted by Gasteiger charge is -2.58. The fraction of sp³-hybridized carbons (Fsp3) is 0.438. The van der Waals surface area contributed by atoms with Gasteiger partial charge >= 0.3 is 0 Å². The molecule has 5 amide bonds. The van der Waals surface area contributed by atoms with Crippen LogP contribution in [0.3, 0.4) is 0 Å². The number of aryl methyl sites for hydroxylation is 1. The van der Waals surface area contributed by atoms with Gasteiger partial charge in [-0.3, -0.25) is 48.8 Å². The summed E-state index contributed by atoms with van der Waals surface area (Å²) in [5.41, 5.74) is 6.24. The number of nitrogens with zero attached hydrogens (tertiary/aromatic N) is 8. The van der Waals surface area contributed by atoms with E-state index in [9.17, 15) is 42.5 Å². The van der Waals surface area contributed by atoms with Gasteiger partial charge in [-0.25, -0.2) is 13.1 Å². The first-order chi connectivity index (χ1) is 42.5. The molecule has 14 rings (SSSR count). The van der Waals surface area contributed by atoms with Crippen LogP contribution in [0.1, 0.15) is 106 Å². The maximum Gasteiger partial charge on any atom is 0.293 e. The molecule has 1 spiro atoms. The highest BCUT2D eigenvalue weighted by atomic mass is 32.2. The van der Waals surface area contributed by atoms with Crippen molar-refractivity contribution in [3.05, 3.63) is 135 Å². The molecule has 7 aliphatic heterocycles. The Kier molecular flexibility index (Phi) is 14.7. The fourth-order valence-electron chi connectivity index (χ4n) is 14.9. The molecule has 5 saturated heterocycles. The second kappa shape index (κ2) is 22.6. The van der Waals surface area contributed by atoms with Gasteiger partial charge in [-0.1, -0.05) is 24.3 Å². The molecule has 0 radical (unpaired) electrons. The number of nitro groups is 1. The lowest BCUT2D eigenvalue weighted by Crippen LogP contribution is -2.60. The topological polar surface area (TPSA) is 262 Å². The molecule has 6 fully saturated rings. The van der Waals surface area contributed by atoms with Crippen LogP contribution < -0.4 is 29.5 Å². The SMILES string of the molecule is Cc1ccccc1[C@@H]1CN(c2ccc3c(c2)C(=O)N(C2CCC(=O)N(C)C2=O)C3=O)CCN1C1CC2(CCN(c3ccc(C(=O)NS(=O)(=O)c4ccc(NCC5CCOCC5)c([N+](=O)[O-])c4)c(N4c5cc6cc[nH]c6nc5O[C@H]5COCC[C@@H]54)c3)CC2)C1. The molecular formula is C64H69N11O12S. The van der Waals surface area contributed by atoms with E-state index in [1.54, 1.807) is 24.4 Å². The molecule has 4 atom stereocenters. The van der Waals surface area contributed by atoms with Gasteiger partial charge in [0.15, 0.2) is 0 Å². The number of aromatic nitrogens is 2. The maximum atomic E-state index is 14.8. The zero-order valence-electron chi connectivity index (χ0n) is 49.0. The average Bonchev–Trinajstić information content (AvgIpc) is 1.90. The predicted molar refractivity (Wildman–Crippen MR) is 326 cm³/mol. The number of carbonyl (C=O) groups is 5. The number of pyridine rings is 1. The van der Waals surface area contributed by atoms with Crippen LogP contribution in [0.25, 0.3) is 11.0 Å². The third kappa shape index (κ3) is 10.3. The molecule has 88 heavy (non-hydrogen) atoms. The van der Waals surface area contributed by atoms with Crippen molar-refractivity contribution in [3.63, 3.8) is 0 Å². The van der Waals surface area contributed by atoms with Crippen molar-refractivity contribution in [2.75, 3.05) is 92.8 Å². The third-order valence-electron chi connectivity index (χ3n) is 19.9. The average molecular weight is 1220 g/mol. The number of piperidine rings is 2. The Hall–Kier alpha value is -8.45. The number of ether oxygens (including phenoxy) is 3. The van der Waals surface area contributed by atoms with Crippen molar-refractivity contribution in [3.8, 4) is 5.88 Å². The van der Waals surface area contributed by atoms with Crippen LogP contribution >= 0.6 is 0 Å².